The van der Waals surface area contributed by atoms with E-state index in [9.17, 15) is 4.79 Å². The van der Waals surface area contributed by atoms with Crippen LogP contribution in [0.4, 0.5) is 4.79 Å². The van der Waals surface area contributed by atoms with Gasteiger partial charge in [-0.25, -0.2) is 4.79 Å². The summed E-state index contributed by atoms with van der Waals surface area (Å²) in [7, 11) is 1.94. The van der Waals surface area contributed by atoms with Gasteiger partial charge in [0, 0.05) is 13.1 Å². The summed E-state index contributed by atoms with van der Waals surface area (Å²) in [5, 5.41) is 6.42. The number of carbonyl (C=O) groups excluding carboxylic acids is 1. The summed E-state index contributed by atoms with van der Waals surface area (Å²) in [6.45, 7) is 6.20. The summed E-state index contributed by atoms with van der Waals surface area (Å²) in [5.41, 5.74) is 0. The molecule has 5 heteroatoms. The van der Waals surface area contributed by atoms with Crippen molar-refractivity contribution in [2.24, 2.45) is 5.92 Å². The van der Waals surface area contributed by atoms with E-state index in [1.165, 1.54) is 6.42 Å². The highest BCUT2D eigenvalue weighted by Crippen LogP contribution is 2.14. The van der Waals surface area contributed by atoms with Crippen LogP contribution in [0.5, 0.6) is 0 Å². The Morgan fingerprint density at radius 2 is 1.89 bits per heavy atom. The van der Waals surface area contributed by atoms with E-state index in [2.05, 4.69) is 47.1 Å². The van der Waals surface area contributed by atoms with Crippen LogP contribution in [0.3, 0.4) is 0 Å². The molecule has 0 spiro atoms. The molecule has 4 nitrogen and oxygen atoms in total. The first-order chi connectivity index (χ1) is 8.54. The summed E-state index contributed by atoms with van der Waals surface area (Å²) in [5.74, 6) is 0.585. The van der Waals surface area contributed by atoms with Gasteiger partial charge in [0.2, 0.25) is 0 Å². The number of hydrogen-bond acceptors (Lipinski definition) is 2. The van der Waals surface area contributed by atoms with Crippen LogP contribution in [0.15, 0.2) is 0 Å². The SMILES string of the molecule is CN[C@@H](I)C(CC(C)C)NC(=O)N1CCCCC1. The highest BCUT2D eigenvalue weighted by Gasteiger charge is 2.24. The summed E-state index contributed by atoms with van der Waals surface area (Å²) in [6.07, 6.45) is 4.54. The zero-order valence-electron chi connectivity index (χ0n) is 11.7. The Bertz CT molecular complexity index is 255. The second kappa shape index (κ2) is 8.19. The maximum absolute atomic E-state index is 12.2. The lowest BCUT2D eigenvalue weighted by molar-refractivity contribution is 0.180. The topological polar surface area (TPSA) is 44.4 Å². The molecule has 2 atom stereocenters. The Hall–Kier alpha value is -0.0400. The van der Waals surface area contributed by atoms with Crippen molar-refractivity contribution in [2.75, 3.05) is 20.1 Å². The predicted octanol–water partition coefficient (Wildman–Crippen LogP) is 2.58. The lowest BCUT2D eigenvalue weighted by atomic mass is 10.0. The van der Waals surface area contributed by atoms with Gasteiger partial charge in [0.15, 0.2) is 0 Å². The number of halogens is 1. The zero-order chi connectivity index (χ0) is 13.5. The largest absolute Gasteiger partial charge is 0.333 e. The van der Waals surface area contributed by atoms with E-state index in [0.29, 0.717) is 5.92 Å². The molecule has 0 aliphatic carbocycles. The first kappa shape index (κ1) is 16.0. The summed E-state index contributed by atoms with van der Waals surface area (Å²) in [6, 6.07) is 0.308. The van der Waals surface area contributed by atoms with Crippen LogP contribution >= 0.6 is 22.6 Å². The number of likely N-dealkylation sites (tertiary alicyclic amines) is 1. The Morgan fingerprint density at radius 3 is 2.39 bits per heavy atom. The van der Waals surface area contributed by atoms with Crippen molar-refractivity contribution in [1.82, 2.24) is 15.5 Å². The maximum Gasteiger partial charge on any atom is 0.317 e. The van der Waals surface area contributed by atoms with Crippen molar-refractivity contribution in [2.45, 2.75) is 49.6 Å². The third-order valence-corrected chi connectivity index (χ3v) is 4.80. The van der Waals surface area contributed by atoms with Crippen LogP contribution < -0.4 is 10.6 Å². The molecule has 1 aliphatic heterocycles. The van der Waals surface area contributed by atoms with Gasteiger partial charge in [-0.1, -0.05) is 36.4 Å². The highest BCUT2D eigenvalue weighted by atomic mass is 127. The Kier molecular flexibility index (Phi) is 7.29. The predicted molar refractivity (Wildman–Crippen MR) is 84.1 cm³/mol. The van der Waals surface area contributed by atoms with Crippen LogP contribution in [0.1, 0.15) is 39.5 Å². The van der Waals surface area contributed by atoms with E-state index >= 15 is 0 Å². The molecular weight excluding hydrogens is 341 g/mol. The monoisotopic (exact) mass is 367 g/mol. The first-order valence-corrected chi connectivity index (χ1v) is 8.16. The molecule has 0 saturated carbocycles. The molecule has 18 heavy (non-hydrogen) atoms. The average Bonchev–Trinajstić information content (AvgIpc) is 2.37. The van der Waals surface area contributed by atoms with Crippen molar-refractivity contribution in [1.29, 1.82) is 0 Å². The molecule has 1 rings (SSSR count). The number of carbonyl (C=O) groups is 1. The van der Waals surface area contributed by atoms with Crippen molar-refractivity contribution < 1.29 is 4.79 Å². The quantitative estimate of drug-likeness (QED) is 0.446. The number of urea groups is 1. The van der Waals surface area contributed by atoms with Crippen LogP contribution in [0.2, 0.25) is 0 Å². The zero-order valence-corrected chi connectivity index (χ0v) is 13.9. The minimum absolute atomic E-state index is 0.109. The summed E-state index contributed by atoms with van der Waals surface area (Å²) in [4.78, 5) is 14.1. The number of piperidine rings is 1. The number of rotatable bonds is 5. The number of nitrogens with one attached hydrogen (secondary N) is 2. The Balaban J connectivity index is 2.50. The molecule has 2 amide bonds. The van der Waals surface area contributed by atoms with E-state index in [0.717, 1.165) is 32.4 Å². The summed E-state index contributed by atoms with van der Waals surface area (Å²) < 4.78 is 0.277. The molecule has 1 unspecified atom stereocenters. The molecule has 1 fully saturated rings. The smallest absolute Gasteiger partial charge is 0.317 e. The van der Waals surface area contributed by atoms with E-state index in [-0.39, 0.29) is 16.1 Å². The standard InChI is InChI=1S/C13H26IN3O/c1-10(2)9-11(12(14)15-3)16-13(18)17-7-5-4-6-8-17/h10-12,15H,4-9H2,1-3H3,(H,16,18)/t11?,12-/m1/s1. The van der Waals surface area contributed by atoms with Crippen LogP contribution in [-0.4, -0.2) is 41.2 Å². The van der Waals surface area contributed by atoms with E-state index in [1.807, 2.05) is 11.9 Å². The average molecular weight is 367 g/mol. The third-order valence-electron chi connectivity index (χ3n) is 3.31. The molecule has 0 radical (unpaired) electrons. The van der Waals surface area contributed by atoms with Crippen molar-refractivity contribution in [3.63, 3.8) is 0 Å². The number of likely N-dealkylation sites (N-methyl/N-ethyl adjacent to an activating group) is 1. The molecule has 1 aliphatic rings. The first-order valence-electron chi connectivity index (χ1n) is 6.91. The molecule has 0 bridgehead atoms. The van der Waals surface area contributed by atoms with E-state index in [4.69, 9.17) is 0 Å². The van der Waals surface area contributed by atoms with Gasteiger partial charge < -0.3 is 15.5 Å². The molecular formula is C13H26IN3O. The number of hydrogen-bond donors (Lipinski definition) is 2. The fourth-order valence-electron chi connectivity index (χ4n) is 2.31. The van der Waals surface area contributed by atoms with Crippen LogP contribution in [0.25, 0.3) is 0 Å². The number of nitrogens with zero attached hydrogens (tertiary/aromatic N) is 1. The molecule has 0 aromatic rings. The normalized spacial score (nSPS) is 19.7. The van der Waals surface area contributed by atoms with E-state index in [1.54, 1.807) is 0 Å². The van der Waals surface area contributed by atoms with Crippen molar-refractivity contribution >= 4 is 28.6 Å². The Labute approximate surface area is 124 Å². The maximum atomic E-state index is 12.2. The highest BCUT2D eigenvalue weighted by molar-refractivity contribution is 14.1. The van der Waals surface area contributed by atoms with Gasteiger partial charge in [-0.3, -0.25) is 0 Å². The summed E-state index contributed by atoms with van der Waals surface area (Å²) >= 11 is 2.36. The molecule has 1 saturated heterocycles. The van der Waals surface area contributed by atoms with Gasteiger partial charge in [0.05, 0.1) is 10.1 Å². The van der Waals surface area contributed by atoms with Gasteiger partial charge >= 0.3 is 6.03 Å². The number of alkyl halides is 1. The van der Waals surface area contributed by atoms with Gasteiger partial charge in [0.1, 0.15) is 0 Å². The minimum Gasteiger partial charge on any atom is -0.333 e. The fraction of sp³-hybridized carbons (Fsp3) is 0.923. The Morgan fingerprint density at radius 1 is 1.28 bits per heavy atom. The molecule has 2 N–H and O–H groups in total. The lowest BCUT2D eigenvalue weighted by Crippen LogP contribution is -2.52. The van der Waals surface area contributed by atoms with Gasteiger partial charge in [-0.2, -0.15) is 0 Å². The van der Waals surface area contributed by atoms with E-state index < -0.39 is 0 Å². The van der Waals surface area contributed by atoms with Gasteiger partial charge in [0.25, 0.3) is 0 Å². The van der Waals surface area contributed by atoms with Crippen LogP contribution in [0, 0.1) is 5.92 Å². The third kappa shape index (κ3) is 5.30. The van der Waals surface area contributed by atoms with Crippen LogP contribution in [-0.2, 0) is 0 Å². The molecule has 0 aromatic heterocycles. The lowest BCUT2D eigenvalue weighted by Gasteiger charge is -2.31. The fourth-order valence-corrected chi connectivity index (χ4v) is 2.78. The number of amides is 2. The minimum atomic E-state index is 0.109. The van der Waals surface area contributed by atoms with Gasteiger partial charge in [-0.15, -0.1) is 0 Å². The van der Waals surface area contributed by atoms with Gasteiger partial charge in [-0.05, 0) is 38.6 Å². The van der Waals surface area contributed by atoms with Crippen molar-refractivity contribution in [3.8, 4) is 0 Å². The molecule has 0 aromatic carbocycles. The second-order valence-corrected chi connectivity index (χ2v) is 6.77. The van der Waals surface area contributed by atoms with Crippen molar-refractivity contribution in [3.05, 3.63) is 0 Å². The molecule has 1 heterocycles. The second-order valence-electron chi connectivity index (χ2n) is 5.42. The molecule has 106 valence electrons.